The number of benzene rings is 3. The molecule has 0 saturated carbocycles. The van der Waals surface area contributed by atoms with Crippen molar-refractivity contribution in [2.24, 2.45) is 7.05 Å². The van der Waals surface area contributed by atoms with Crippen molar-refractivity contribution in [1.82, 2.24) is 9.78 Å². The zero-order chi connectivity index (χ0) is 17.2. The van der Waals surface area contributed by atoms with Crippen LogP contribution >= 0.6 is 0 Å². The zero-order valence-electron chi connectivity index (χ0n) is 14.0. The van der Waals surface area contributed by atoms with Crippen molar-refractivity contribution in [1.29, 1.82) is 0 Å². The van der Waals surface area contributed by atoms with Gasteiger partial charge in [-0.25, -0.2) is 0 Å². The molecule has 0 aliphatic rings. The Morgan fingerprint density at radius 3 is 2.68 bits per heavy atom. The van der Waals surface area contributed by atoms with E-state index in [1.54, 1.807) is 0 Å². The Morgan fingerprint density at radius 1 is 1.00 bits per heavy atom. The van der Waals surface area contributed by atoms with Crippen molar-refractivity contribution < 1.29 is 4.74 Å². The molecule has 25 heavy (non-hydrogen) atoms. The highest BCUT2D eigenvalue weighted by atomic mass is 16.5. The van der Waals surface area contributed by atoms with E-state index in [0.29, 0.717) is 6.61 Å². The summed E-state index contributed by atoms with van der Waals surface area (Å²) in [6.07, 6.45) is 1.83. The third kappa shape index (κ3) is 3.06. The Bertz CT molecular complexity index is 1020. The molecular weight excluding hydrogens is 310 g/mol. The molecule has 1 aromatic heterocycles. The number of ether oxygens (including phenoxy) is 1. The van der Waals surface area contributed by atoms with Crippen LogP contribution in [0.1, 0.15) is 5.56 Å². The van der Waals surface area contributed by atoms with E-state index in [-0.39, 0.29) is 0 Å². The third-order valence-corrected chi connectivity index (χ3v) is 4.31. The third-order valence-electron chi connectivity index (χ3n) is 4.31. The topological polar surface area (TPSA) is 53.1 Å². The summed E-state index contributed by atoms with van der Waals surface area (Å²) in [7, 11) is 1.93. The summed E-state index contributed by atoms with van der Waals surface area (Å²) in [6.45, 7) is 0.542. The molecule has 4 heteroatoms. The number of nitrogens with two attached hydrogens (primary N) is 1. The summed E-state index contributed by atoms with van der Waals surface area (Å²) in [5.74, 6) is 0.825. The Morgan fingerprint density at radius 2 is 1.84 bits per heavy atom. The lowest BCUT2D eigenvalue weighted by molar-refractivity contribution is 0.306. The van der Waals surface area contributed by atoms with Crippen LogP contribution in [0, 0.1) is 0 Å². The molecule has 0 unspecified atom stereocenters. The normalized spacial score (nSPS) is 10.9. The second-order valence-electron chi connectivity index (χ2n) is 6.07. The standard InChI is InChI=1S/C21H19N3O/c1-24-21-12-19(20(22)11-17(21)13-23-24)16-8-5-9-18(10-16)25-14-15-6-3-2-4-7-15/h2-13H,14,22H2,1H3. The molecule has 0 saturated heterocycles. The van der Waals surface area contributed by atoms with Gasteiger partial charge in [0.15, 0.2) is 0 Å². The van der Waals surface area contributed by atoms with Gasteiger partial charge in [0.05, 0.1) is 11.7 Å². The Balaban J connectivity index is 1.65. The number of hydrogen-bond donors (Lipinski definition) is 1. The monoisotopic (exact) mass is 329 g/mol. The highest BCUT2D eigenvalue weighted by molar-refractivity contribution is 5.91. The van der Waals surface area contributed by atoms with Crippen LogP contribution in [0.25, 0.3) is 22.0 Å². The van der Waals surface area contributed by atoms with E-state index < -0.39 is 0 Å². The molecule has 0 radical (unpaired) electrons. The molecule has 4 aromatic rings. The average molecular weight is 329 g/mol. The van der Waals surface area contributed by atoms with Crippen LogP contribution in [0.3, 0.4) is 0 Å². The van der Waals surface area contributed by atoms with Gasteiger partial charge in [-0.05, 0) is 35.4 Å². The molecule has 124 valence electrons. The van der Waals surface area contributed by atoms with E-state index in [2.05, 4.69) is 23.3 Å². The summed E-state index contributed by atoms with van der Waals surface area (Å²) in [6, 6.07) is 22.2. The summed E-state index contributed by atoms with van der Waals surface area (Å²) in [5, 5.41) is 5.33. The number of fused-ring (bicyclic) bond motifs is 1. The number of nitrogens with zero attached hydrogens (tertiary/aromatic N) is 2. The van der Waals surface area contributed by atoms with Crippen LogP contribution in [0.5, 0.6) is 5.75 Å². The molecule has 1 heterocycles. The van der Waals surface area contributed by atoms with Gasteiger partial charge in [-0.1, -0.05) is 42.5 Å². The fourth-order valence-corrected chi connectivity index (χ4v) is 2.96. The quantitative estimate of drug-likeness (QED) is 0.565. The largest absolute Gasteiger partial charge is 0.489 e. The Hall–Kier alpha value is -3.27. The van der Waals surface area contributed by atoms with Gasteiger partial charge in [0, 0.05) is 23.7 Å². The van der Waals surface area contributed by atoms with Crippen LogP contribution in [0.2, 0.25) is 0 Å². The molecular formula is C21H19N3O. The highest BCUT2D eigenvalue weighted by Crippen LogP contribution is 2.32. The smallest absolute Gasteiger partial charge is 0.120 e. The minimum absolute atomic E-state index is 0.542. The summed E-state index contributed by atoms with van der Waals surface area (Å²) < 4.78 is 7.79. The molecule has 3 aromatic carbocycles. The Labute approximate surface area is 146 Å². The molecule has 4 nitrogen and oxygen atoms in total. The van der Waals surface area contributed by atoms with E-state index in [0.717, 1.165) is 39.0 Å². The van der Waals surface area contributed by atoms with Gasteiger partial charge >= 0.3 is 0 Å². The van der Waals surface area contributed by atoms with Crippen LogP contribution in [-0.2, 0) is 13.7 Å². The predicted molar refractivity (Wildman–Crippen MR) is 101 cm³/mol. The first-order valence-corrected chi connectivity index (χ1v) is 8.19. The van der Waals surface area contributed by atoms with E-state index >= 15 is 0 Å². The first-order valence-electron chi connectivity index (χ1n) is 8.19. The molecule has 4 rings (SSSR count). The van der Waals surface area contributed by atoms with E-state index in [1.807, 2.05) is 66.5 Å². The van der Waals surface area contributed by atoms with Crippen molar-refractivity contribution in [3.63, 3.8) is 0 Å². The van der Waals surface area contributed by atoms with Crippen LogP contribution in [0.15, 0.2) is 72.9 Å². The average Bonchev–Trinajstić information content (AvgIpc) is 3.00. The lowest BCUT2D eigenvalue weighted by Gasteiger charge is -2.10. The number of hydrogen-bond acceptors (Lipinski definition) is 3. The molecule has 2 N–H and O–H groups in total. The fourth-order valence-electron chi connectivity index (χ4n) is 2.96. The highest BCUT2D eigenvalue weighted by Gasteiger charge is 2.09. The number of anilines is 1. The molecule has 0 atom stereocenters. The van der Waals surface area contributed by atoms with Gasteiger partial charge < -0.3 is 10.5 Å². The van der Waals surface area contributed by atoms with E-state index in [9.17, 15) is 0 Å². The first kappa shape index (κ1) is 15.3. The number of aryl methyl sites for hydroxylation is 1. The van der Waals surface area contributed by atoms with E-state index in [4.69, 9.17) is 10.5 Å². The fraction of sp³-hybridized carbons (Fsp3) is 0.0952. The van der Waals surface area contributed by atoms with Gasteiger partial charge in [-0.2, -0.15) is 5.10 Å². The molecule has 0 aliphatic carbocycles. The van der Waals surface area contributed by atoms with Gasteiger partial charge in [0.25, 0.3) is 0 Å². The molecule has 0 aliphatic heterocycles. The molecule has 0 bridgehead atoms. The molecule has 0 fully saturated rings. The minimum atomic E-state index is 0.542. The van der Waals surface area contributed by atoms with Crippen molar-refractivity contribution in [2.45, 2.75) is 6.61 Å². The number of nitrogen functional groups attached to an aromatic ring is 1. The lowest BCUT2D eigenvalue weighted by atomic mass is 10.0. The summed E-state index contributed by atoms with van der Waals surface area (Å²) in [5.41, 5.74) is 11.2. The maximum absolute atomic E-state index is 6.27. The number of aromatic nitrogens is 2. The van der Waals surface area contributed by atoms with Crippen molar-refractivity contribution in [3.8, 4) is 16.9 Å². The van der Waals surface area contributed by atoms with Crippen LogP contribution < -0.4 is 10.5 Å². The van der Waals surface area contributed by atoms with Gasteiger partial charge in [0.1, 0.15) is 12.4 Å². The van der Waals surface area contributed by atoms with Gasteiger partial charge in [0.2, 0.25) is 0 Å². The van der Waals surface area contributed by atoms with Crippen LogP contribution in [-0.4, -0.2) is 9.78 Å². The van der Waals surface area contributed by atoms with Crippen molar-refractivity contribution >= 4 is 16.6 Å². The SMILES string of the molecule is Cn1ncc2cc(N)c(-c3cccc(OCc4ccccc4)c3)cc21. The first-order chi connectivity index (χ1) is 12.2. The van der Waals surface area contributed by atoms with E-state index in [1.165, 1.54) is 0 Å². The molecule has 0 amide bonds. The zero-order valence-corrected chi connectivity index (χ0v) is 14.0. The second-order valence-corrected chi connectivity index (χ2v) is 6.07. The van der Waals surface area contributed by atoms with Gasteiger partial charge in [-0.15, -0.1) is 0 Å². The Kier molecular flexibility index (Phi) is 3.86. The van der Waals surface area contributed by atoms with Crippen molar-refractivity contribution in [3.05, 3.63) is 78.5 Å². The molecule has 0 spiro atoms. The minimum Gasteiger partial charge on any atom is -0.489 e. The second kappa shape index (κ2) is 6.32. The van der Waals surface area contributed by atoms with Gasteiger partial charge in [-0.3, -0.25) is 4.68 Å². The predicted octanol–water partition coefficient (Wildman–Crippen LogP) is 4.40. The maximum Gasteiger partial charge on any atom is 0.120 e. The lowest BCUT2D eigenvalue weighted by Crippen LogP contribution is -1.96. The van der Waals surface area contributed by atoms with Crippen molar-refractivity contribution in [2.75, 3.05) is 5.73 Å². The summed E-state index contributed by atoms with van der Waals surface area (Å²) >= 11 is 0. The van der Waals surface area contributed by atoms with Crippen LogP contribution in [0.4, 0.5) is 5.69 Å². The summed E-state index contributed by atoms with van der Waals surface area (Å²) in [4.78, 5) is 0. The number of rotatable bonds is 4. The maximum atomic E-state index is 6.27.